The van der Waals surface area contributed by atoms with Crippen LogP contribution in [0.3, 0.4) is 0 Å². The molecule has 172 valence electrons. The Morgan fingerprint density at radius 3 is 2.55 bits per heavy atom. The lowest BCUT2D eigenvalue weighted by atomic mass is 10.0. The Morgan fingerprint density at radius 2 is 1.94 bits per heavy atom. The van der Waals surface area contributed by atoms with Crippen molar-refractivity contribution in [3.05, 3.63) is 60.2 Å². The molecule has 1 aromatic rings. The fourth-order valence-electron chi connectivity index (χ4n) is 3.32. The van der Waals surface area contributed by atoms with Gasteiger partial charge in [-0.05, 0) is 62.7 Å². The molecule has 5 heteroatoms. The molecule has 0 aromatic heterocycles. The first kappa shape index (κ1) is 27.0. The van der Waals surface area contributed by atoms with E-state index < -0.39 is 0 Å². The van der Waals surface area contributed by atoms with Crippen molar-refractivity contribution in [2.75, 3.05) is 52.9 Å². The van der Waals surface area contributed by atoms with Crippen LogP contribution in [0, 0.1) is 5.92 Å². The Labute approximate surface area is 189 Å². The minimum Gasteiger partial charge on any atom is -0.396 e. The highest BCUT2D eigenvalue weighted by atomic mass is 16.3. The maximum absolute atomic E-state index is 9.67. The minimum absolute atomic E-state index is 0.113. The third kappa shape index (κ3) is 12.4. The van der Waals surface area contributed by atoms with Crippen LogP contribution in [0.4, 0.5) is 0 Å². The smallest absolute Gasteiger partial charge is 0.0489 e. The van der Waals surface area contributed by atoms with Crippen molar-refractivity contribution >= 4 is 11.9 Å². The number of unbranched alkanes of at least 4 members (excludes halogenated alkanes) is 1. The SMILES string of the molecule is C=CC(/C=N/CC(CO)Cc1ccccc1)=C\C(CNCCCCN(CC)CC)=N/C. The molecule has 0 saturated carbocycles. The number of hydrogen-bond acceptors (Lipinski definition) is 5. The lowest BCUT2D eigenvalue weighted by molar-refractivity contribution is 0.230. The Morgan fingerprint density at radius 1 is 1.19 bits per heavy atom. The first-order chi connectivity index (χ1) is 15.2. The largest absolute Gasteiger partial charge is 0.396 e. The molecule has 0 aliphatic carbocycles. The summed E-state index contributed by atoms with van der Waals surface area (Å²) in [6.07, 6.45) is 8.84. The molecule has 0 saturated heterocycles. The average Bonchev–Trinajstić information content (AvgIpc) is 2.81. The number of rotatable bonds is 17. The van der Waals surface area contributed by atoms with E-state index in [9.17, 15) is 5.11 Å². The standard InChI is InChI=1S/C26H42N4O/c1-5-23(19-29-20-25(22-31)17-24-13-9-8-10-14-24)18-26(27-4)21-28-15-11-12-16-30(6-2)7-3/h5,8-10,13-14,18-19,25,28,31H,1,6-7,11-12,15-17,20-22H2,2-4H3/b23-18+,27-26+,29-19+. The van der Waals surface area contributed by atoms with Crippen LogP contribution in [-0.2, 0) is 6.42 Å². The van der Waals surface area contributed by atoms with Crippen LogP contribution < -0.4 is 5.32 Å². The van der Waals surface area contributed by atoms with Crippen molar-refractivity contribution in [2.45, 2.75) is 33.1 Å². The van der Waals surface area contributed by atoms with Gasteiger partial charge in [0.25, 0.3) is 0 Å². The first-order valence-corrected chi connectivity index (χ1v) is 11.5. The van der Waals surface area contributed by atoms with Crippen molar-refractivity contribution < 1.29 is 5.11 Å². The van der Waals surface area contributed by atoms with Crippen molar-refractivity contribution in [1.82, 2.24) is 10.2 Å². The number of aliphatic hydroxyl groups excluding tert-OH is 1. The van der Waals surface area contributed by atoms with E-state index in [0.29, 0.717) is 6.54 Å². The summed E-state index contributed by atoms with van der Waals surface area (Å²) in [5.41, 5.74) is 3.13. The van der Waals surface area contributed by atoms with Gasteiger partial charge in [0.2, 0.25) is 0 Å². The molecule has 1 unspecified atom stereocenters. The zero-order chi connectivity index (χ0) is 22.7. The number of allylic oxidation sites excluding steroid dienone is 2. The molecule has 5 nitrogen and oxygen atoms in total. The van der Waals surface area contributed by atoms with Crippen LogP contribution in [0.25, 0.3) is 0 Å². The highest BCUT2D eigenvalue weighted by Gasteiger charge is 2.07. The molecular weight excluding hydrogens is 384 g/mol. The predicted octanol–water partition coefficient (Wildman–Crippen LogP) is 3.80. The number of hydrogen-bond donors (Lipinski definition) is 2. The second-order valence-corrected chi connectivity index (χ2v) is 7.71. The van der Waals surface area contributed by atoms with E-state index in [1.165, 1.54) is 18.5 Å². The summed E-state index contributed by atoms with van der Waals surface area (Å²) in [7, 11) is 1.81. The van der Waals surface area contributed by atoms with E-state index >= 15 is 0 Å². The van der Waals surface area contributed by atoms with Crippen LogP contribution in [0.15, 0.2) is 64.6 Å². The van der Waals surface area contributed by atoms with Gasteiger partial charge in [-0.1, -0.05) is 56.8 Å². The monoisotopic (exact) mass is 426 g/mol. The highest BCUT2D eigenvalue weighted by molar-refractivity contribution is 6.02. The lowest BCUT2D eigenvalue weighted by Crippen LogP contribution is -2.26. The van der Waals surface area contributed by atoms with Gasteiger partial charge in [-0.15, -0.1) is 0 Å². The van der Waals surface area contributed by atoms with Gasteiger partial charge in [0.1, 0.15) is 0 Å². The van der Waals surface area contributed by atoms with E-state index in [2.05, 4.69) is 52.8 Å². The molecule has 1 aromatic carbocycles. The quantitative estimate of drug-likeness (QED) is 0.226. The van der Waals surface area contributed by atoms with Crippen LogP contribution in [0.2, 0.25) is 0 Å². The third-order valence-corrected chi connectivity index (χ3v) is 5.36. The average molecular weight is 427 g/mol. The number of nitrogens with one attached hydrogen (secondary N) is 1. The molecule has 0 radical (unpaired) electrons. The van der Waals surface area contributed by atoms with Crippen molar-refractivity contribution in [3.63, 3.8) is 0 Å². The van der Waals surface area contributed by atoms with Crippen LogP contribution >= 0.6 is 0 Å². The zero-order valence-corrected chi connectivity index (χ0v) is 19.8. The van der Waals surface area contributed by atoms with E-state index in [1.807, 2.05) is 37.5 Å². The van der Waals surface area contributed by atoms with Gasteiger partial charge < -0.3 is 15.3 Å². The van der Waals surface area contributed by atoms with E-state index in [-0.39, 0.29) is 12.5 Å². The van der Waals surface area contributed by atoms with Crippen molar-refractivity contribution in [2.24, 2.45) is 15.9 Å². The van der Waals surface area contributed by atoms with E-state index in [1.54, 1.807) is 6.08 Å². The minimum atomic E-state index is 0.113. The van der Waals surface area contributed by atoms with Crippen molar-refractivity contribution in [1.29, 1.82) is 0 Å². The lowest BCUT2D eigenvalue weighted by Gasteiger charge is -2.17. The molecule has 31 heavy (non-hydrogen) atoms. The molecule has 2 N–H and O–H groups in total. The molecule has 0 fully saturated rings. The van der Waals surface area contributed by atoms with Gasteiger partial charge in [-0.3, -0.25) is 9.98 Å². The zero-order valence-electron chi connectivity index (χ0n) is 19.8. The molecule has 0 heterocycles. The van der Waals surface area contributed by atoms with Crippen molar-refractivity contribution in [3.8, 4) is 0 Å². The Kier molecular flexibility index (Phi) is 15.3. The van der Waals surface area contributed by atoms with Crippen LogP contribution in [0.1, 0.15) is 32.3 Å². The topological polar surface area (TPSA) is 60.2 Å². The van der Waals surface area contributed by atoms with Crippen LogP contribution in [-0.4, -0.2) is 74.9 Å². The summed E-state index contributed by atoms with van der Waals surface area (Å²) in [4.78, 5) is 11.4. The molecule has 0 bridgehead atoms. The van der Waals surface area contributed by atoms with Gasteiger partial charge >= 0.3 is 0 Å². The normalized spacial score (nSPS) is 13.8. The summed E-state index contributed by atoms with van der Waals surface area (Å²) < 4.78 is 0. The second-order valence-electron chi connectivity index (χ2n) is 7.71. The highest BCUT2D eigenvalue weighted by Crippen LogP contribution is 2.09. The summed E-state index contributed by atoms with van der Waals surface area (Å²) in [6.45, 7) is 14.2. The molecule has 0 aliphatic rings. The van der Waals surface area contributed by atoms with Gasteiger partial charge in [0.05, 0.1) is 0 Å². The van der Waals surface area contributed by atoms with E-state index in [0.717, 1.165) is 50.3 Å². The summed E-state index contributed by atoms with van der Waals surface area (Å²) >= 11 is 0. The fourth-order valence-corrected chi connectivity index (χ4v) is 3.32. The van der Waals surface area contributed by atoms with Gasteiger partial charge in [-0.2, -0.15) is 0 Å². The Hall–Kier alpha value is -2.08. The summed E-state index contributed by atoms with van der Waals surface area (Å²) in [5.74, 6) is 0.113. The number of benzene rings is 1. The fraction of sp³-hybridized carbons (Fsp3) is 0.538. The number of aliphatic imine (C=N–C) groups is 2. The third-order valence-electron chi connectivity index (χ3n) is 5.36. The number of nitrogens with zero attached hydrogens (tertiary/aromatic N) is 3. The molecule has 0 spiro atoms. The summed E-state index contributed by atoms with van der Waals surface area (Å²) in [6, 6.07) is 10.2. The second kappa shape index (κ2) is 17.6. The summed E-state index contributed by atoms with van der Waals surface area (Å²) in [5, 5.41) is 13.2. The Bertz CT molecular complexity index is 678. The molecule has 0 aliphatic heterocycles. The van der Waals surface area contributed by atoms with E-state index in [4.69, 9.17) is 0 Å². The predicted molar refractivity (Wildman–Crippen MR) is 136 cm³/mol. The van der Waals surface area contributed by atoms with Gasteiger partial charge in [-0.25, -0.2) is 0 Å². The molecule has 1 atom stereocenters. The molecular formula is C26H42N4O. The molecule has 0 amide bonds. The van der Waals surface area contributed by atoms with Gasteiger partial charge in [0.15, 0.2) is 0 Å². The maximum Gasteiger partial charge on any atom is 0.0489 e. The Balaban J connectivity index is 2.43. The number of aliphatic hydroxyl groups is 1. The van der Waals surface area contributed by atoms with Crippen LogP contribution in [0.5, 0.6) is 0 Å². The van der Waals surface area contributed by atoms with Gasteiger partial charge in [0, 0.05) is 44.6 Å². The first-order valence-electron chi connectivity index (χ1n) is 11.5. The molecule has 1 rings (SSSR count). The maximum atomic E-state index is 9.67.